The minimum atomic E-state index is -2.70. The van der Waals surface area contributed by atoms with E-state index in [0.717, 1.165) is 11.3 Å². The zero-order valence-corrected chi connectivity index (χ0v) is 22.8. The molecule has 190 valence electrons. The number of ether oxygens (including phenoxy) is 2. The van der Waals surface area contributed by atoms with Crippen molar-refractivity contribution in [2.75, 3.05) is 13.7 Å². The maximum absolute atomic E-state index is 11.2. The first-order valence-corrected chi connectivity index (χ1v) is 14.5. The van der Waals surface area contributed by atoms with Crippen LogP contribution in [0.1, 0.15) is 32.8 Å². The number of aliphatic hydroxyl groups excluding tert-OH is 1. The van der Waals surface area contributed by atoms with Crippen LogP contribution in [0.4, 0.5) is 0 Å². The number of hydrogen-bond donors (Lipinski definition) is 1. The number of aliphatic hydroxyl groups is 1. The summed E-state index contributed by atoms with van der Waals surface area (Å²) in [5.74, 6) is 0.814. The van der Waals surface area contributed by atoms with Crippen molar-refractivity contribution in [3.8, 4) is 5.75 Å². The number of rotatable bonds is 10. The SMILES string of the molecule is C=C[C@]1(CO[Si](c2ccccc2)(c2ccccc2)C(C)(C)C)C[C@@H](OCc2ccc(OC)cc2)[C@@H]1O. The van der Waals surface area contributed by atoms with E-state index in [0.29, 0.717) is 19.6 Å². The van der Waals surface area contributed by atoms with Crippen LogP contribution in [0.5, 0.6) is 5.75 Å². The normalized spacial score (nSPS) is 22.0. The van der Waals surface area contributed by atoms with Crippen molar-refractivity contribution >= 4 is 18.7 Å². The molecule has 0 saturated heterocycles. The molecule has 3 aromatic carbocycles. The van der Waals surface area contributed by atoms with Crippen molar-refractivity contribution in [3.05, 3.63) is 103 Å². The minimum Gasteiger partial charge on any atom is -0.497 e. The van der Waals surface area contributed by atoms with E-state index < -0.39 is 19.8 Å². The van der Waals surface area contributed by atoms with Gasteiger partial charge in [0.25, 0.3) is 8.32 Å². The van der Waals surface area contributed by atoms with Crippen LogP contribution in [0, 0.1) is 5.41 Å². The Morgan fingerprint density at radius 1 is 0.944 bits per heavy atom. The van der Waals surface area contributed by atoms with Gasteiger partial charge >= 0.3 is 0 Å². The summed E-state index contributed by atoms with van der Waals surface area (Å²) >= 11 is 0. The topological polar surface area (TPSA) is 47.9 Å². The molecule has 36 heavy (non-hydrogen) atoms. The third kappa shape index (κ3) is 4.93. The second-order valence-corrected chi connectivity index (χ2v) is 15.0. The van der Waals surface area contributed by atoms with Gasteiger partial charge in [-0.3, -0.25) is 0 Å². The van der Waals surface area contributed by atoms with E-state index in [1.165, 1.54) is 10.4 Å². The Labute approximate surface area is 216 Å². The molecule has 0 unspecified atom stereocenters. The van der Waals surface area contributed by atoms with E-state index in [2.05, 4.69) is 75.9 Å². The molecule has 3 aromatic rings. The third-order valence-corrected chi connectivity index (χ3v) is 12.5. The first-order valence-electron chi connectivity index (χ1n) is 12.6. The molecule has 1 saturated carbocycles. The summed E-state index contributed by atoms with van der Waals surface area (Å²) < 4.78 is 18.4. The van der Waals surface area contributed by atoms with Crippen molar-refractivity contribution in [2.45, 2.75) is 51.0 Å². The van der Waals surface area contributed by atoms with Gasteiger partial charge in [0.15, 0.2) is 0 Å². The summed E-state index contributed by atoms with van der Waals surface area (Å²) in [6.45, 7) is 11.7. The summed E-state index contributed by atoms with van der Waals surface area (Å²) in [6.07, 6.45) is 1.61. The van der Waals surface area contributed by atoms with Gasteiger partial charge in [0.05, 0.1) is 25.9 Å². The highest BCUT2D eigenvalue weighted by Crippen LogP contribution is 2.47. The molecular formula is C31H38O4Si. The molecular weight excluding hydrogens is 464 g/mol. The highest BCUT2D eigenvalue weighted by molar-refractivity contribution is 6.99. The maximum atomic E-state index is 11.2. The molecule has 5 heteroatoms. The summed E-state index contributed by atoms with van der Waals surface area (Å²) in [6, 6.07) is 29.0. The Hall–Kier alpha value is -2.70. The molecule has 4 rings (SSSR count). The van der Waals surface area contributed by atoms with E-state index in [-0.39, 0.29) is 11.1 Å². The second kappa shape index (κ2) is 10.7. The molecule has 1 aliphatic rings. The molecule has 3 atom stereocenters. The van der Waals surface area contributed by atoms with Gasteiger partial charge < -0.3 is 19.0 Å². The summed E-state index contributed by atoms with van der Waals surface area (Å²) in [5.41, 5.74) is 0.500. The summed E-state index contributed by atoms with van der Waals surface area (Å²) in [4.78, 5) is 0. The van der Waals surface area contributed by atoms with Crippen LogP contribution in [0.3, 0.4) is 0 Å². The fraction of sp³-hybridized carbons (Fsp3) is 0.355. The fourth-order valence-electron chi connectivity index (χ4n) is 5.30. The van der Waals surface area contributed by atoms with Crippen LogP contribution < -0.4 is 15.1 Å². The lowest BCUT2D eigenvalue weighted by Gasteiger charge is -2.52. The predicted molar refractivity (Wildman–Crippen MR) is 148 cm³/mol. The van der Waals surface area contributed by atoms with Crippen LogP contribution in [0.2, 0.25) is 5.04 Å². The second-order valence-electron chi connectivity index (χ2n) is 10.7. The fourth-order valence-corrected chi connectivity index (χ4v) is 9.94. The molecule has 1 N–H and O–H groups in total. The quantitative estimate of drug-likeness (QED) is 0.310. The van der Waals surface area contributed by atoms with Gasteiger partial charge in [-0.15, -0.1) is 6.58 Å². The van der Waals surface area contributed by atoms with E-state index in [9.17, 15) is 5.11 Å². The molecule has 0 amide bonds. The first-order chi connectivity index (χ1) is 17.3. The lowest BCUT2D eigenvalue weighted by molar-refractivity contribution is -0.183. The van der Waals surface area contributed by atoms with Crippen LogP contribution in [0.25, 0.3) is 0 Å². The van der Waals surface area contributed by atoms with Crippen molar-refractivity contribution in [3.63, 3.8) is 0 Å². The van der Waals surface area contributed by atoms with Gasteiger partial charge in [0.1, 0.15) is 5.75 Å². The Balaban J connectivity index is 1.54. The molecule has 0 heterocycles. The Morgan fingerprint density at radius 2 is 1.50 bits per heavy atom. The van der Waals surface area contributed by atoms with Crippen molar-refractivity contribution in [2.24, 2.45) is 5.41 Å². The molecule has 4 nitrogen and oxygen atoms in total. The van der Waals surface area contributed by atoms with Crippen molar-refractivity contribution < 1.29 is 19.0 Å². The van der Waals surface area contributed by atoms with Gasteiger partial charge in [-0.2, -0.15) is 0 Å². The van der Waals surface area contributed by atoms with E-state index in [1.54, 1.807) is 7.11 Å². The highest BCUT2D eigenvalue weighted by Gasteiger charge is 2.56. The largest absolute Gasteiger partial charge is 0.497 e. The third-order valence-electron chi connectivity index (χ3n) is 7.53. The number of hydrogen-bond acceptors (Lipinski definition) is 4. The molecule has 1 fully saturated rings. The van der Waals surface area contributed by atoms with Crippen LogP contribution in [-0.2, 0) is 15.8 Å². The van der Waals surface area contributed by atoms with Crippen molar-refractivity contribution in [1.82, 2.24) is 0 Å². The molecule has 0 aromatic heterocycles. The molecule has 1 aliphatic carbocycles. The average molecular weight is 503 g/mol. The zero-order valence-electron chi connectivity index (χ0n) is 21.8. The van der Waals surface area contributed by atoms with Crippen LogP contribution >= 0.6 is 0 Å². The molecule has 0 bridgehead atoms. The molecule has 0 spiro atoms. The minimum absolute atomic E-state index is 0.128. The predicted octanol–water partition coefficient (Wildman–Crippen LogP) is 5.09. The smallest absolute Gasteiger partial charge is 0.261 e. The highest BCUT2D eigenvalue weighted by atomic mass is 28.4. The lowest BCUT2D eigenvalue weighted by atomic mass is 9.64. The van der Waals surface area contributed by atoms with Gasteiger partial charge in [0, 0.05) is 12.0 Å². The zero-order chi connectivity index (χ0) is 25.8. The average Bonchev–Trinajstić information content (AvgIpc) is 2.90. The Bertz CT molecular complexity index is 1090. The van der Waals surface area contributed by atoms with Crippen molar-refractivity contribution in [1.29, 1.82) is 0 Å². The van der Waals surface area contributed by atoms with E-state index >= 15 is 0 Å². The molecule has 0 radical (unpaired) electrons. The van der Waals surface area contributed by atoms with E-state index in [1.807, 2.05) is 42.5 Å². The van der Waals surface area contributed by atoms with Crippen LogP contribution in [0.15, 0.2) is 97.6 Å². The van der Waals surface area contributed by atoms with Gasteiger partial charge in [0.2, 0.25) is 0 Å². The van der Waals surface area contributed by atoms with Gasteiger partial charge in [-0.05, 0) is 39.5 Å². The monoisotopic (exact) mass is 502 g/mol. The summed E-state index contributed by atoms with van der Waals surface area (Å²) in [5, 5.41) is 13.6. The molecule has 0 aliphatic heterocycles. The van der Waals surface area contributed by atoms with E-state index in [4.69, 9.17) is 13.9 Å². The van der Waals surface area contributed by atoms with Gasteiger partial charge in [-0.1, -0.05) is 99.6 Å². The maximum Gasteiger partial charge on any atom is 0.261 e. The number of methoxy groups -OCH3 is 1. The Morgan fingerprint density at radius 3 is 1.94 bits per heavy atom. The number of benzene rings is 3. The Kier molecular flexibility index (Phi) is 7.86. The first kappa shape index (κ1) is 26.4. The lowest BCUT2D eigenvalue weighted by Crippen LogP contribution is -2.69. The van der Waals surface area contributed by atoms with Gasteiger partial charge in [-0.25, -0.2) is 0 Å². The van der Waals surface area contributed by atoms with Crippen LogP contribution in [-0.4, -0.2) is 39.3 Å². The standard InChI is InChI=1S/C31H38O4Si/c1-6-31(21-28(29(31)32)34-22-24-17-19-25(33-5)20-18-24)23-35-36(30(2,3)4,26-13-9-7-10-14-26)27-15-11-8-12-16-27/h6-20,28-29,32H,1,21-23H2,2-5H3/t28-,29+,31-/m1/s1. The summed E-state index contributed by atoms with van der Waals surface area (Å²) in [7, 11) is -1.05.